The standard InChI is InChI=1S/C16H23FN4O2/c1-12(2)18-16(23)21-9-7-20(8-10-21)11-15(22)19-14-5-3-13(17)4-6-14/h3-6,12H,7-11H2,1-2H3,(H,18,23)(H,19,22). The maximum Gasteiger partial charge on any atom is 0.317 e. The van der Waals surface area contributed by atoms with E-state index in [1.807, 2.05) is 18.7 Å². The van der Waals surface area contributed by atoms with Gasteiger partial charge in [-0.1, -0.05) is 0 Å². The molecule has 1 aliphatic rings. The molecule has 0 aromatic heterocycles. The summed E-state index contributed by atoms with van der Waals surface area (Å²) < 4.78 is 12.8. The van der Waals surface area contributed by atoms with E-state index in [0.717, 1.165) is 0 Å². The van der Waals surface area contributed by atoms with Gasteiger partial charge in [0.1, 0.15) is 5.82 Å². The molecule has 0 aliphatic carbocycles. The Kier molecular flexibility index (Phi) is 5.92. The number of amides is 3. The van der Waals surface area contributed by atoms with Gasteiger partial charge in [0.05, 0.1) is 6.54 Å². The SMILES string of the molecule is CC(C)NC(=O)N1CCN(CC(=O)Nc2ccc(F)cc2)CC1. The highest BCUT2D eigenvalue weighted by atomic mass is 19.1. The minimum Gasteiger partial charge on any atom is -0.336 e. The van der Waals surface area contributed by atoms with Crippen molar-refractivity contribution >= 4 is 17.6 Å². The van der Waals surface area contributed by atoms with Crippen LogP contribution in [0.25, 0.3) is 0 Å². The molecule has 0 unspecified atom stereocenters. The highest BCUT2D eigenvalue weighted by molar-refractivity contribution is 5.92. The Bertz CT molecular complexity index is 540. The first-order chi connectivity index (χ1) is 10.9. The second-order valence-corrected chi connectivity index (χ2v) is 5.92. The number of carbonyl (C=O) groups is 2. The number of benzene rings is 1. The fourth-order valence-electron chi connectivity index (χ4n) is 2.38. The van der Waals surface area contributed by atoms with Crippen molar-refractivity contribution in [3.05, 3.63) is 30.1 Å². The Morgan fingerprint density at radius 3 is 2.30 bits per heavy atom. The van der Waals surface area contributed by atoms with Gasteiger partial charge in [-0.2, -0.15) is 0 Å². The lowest BCUT2D eigenvalue weighted by atomic mass is 10.3. The van der Waals surface area contributed by atoms with Crippen molar-refractivity contribution in [1.29, 1.82) is 0 Å². The molecule has 23 heavy (non-hydrogen) atoms. The van der Waals surface area contributed by atoms with Gasteiger partial charge in [-0.05, 0) is 38.1 Å². The first-order valence-corrected chi connectivity index (χ1v) is 7.77. The highest BCUT2D eigenvalue weighted by Gasteiger charge is 2.22. The van der Waals surface area contributed by atoms with E-state index >= 15 is 0 Å². The van der Waals surface area contributed by atoms with Crippen LogP contribution in [0.1, 0.15) is 13.8 Å². The third-order valence-corrected chi connectivity index (χ3v) is 3.57. The van der Waals surface area contributed by atoms with Gasteiger partial charge in [0.15, 0.2) is 0 Å². The van der Waals surface area contributed by atoms with E-state index in [2.05, 4.69) is 10.6 Å². The van der Waals surface area contributed by atoms with Gasteiger partial charge in [-0.25, -0.2) is 9.18 Å². The predicted octanol–water partition coefficient (Wildman–Crippen LogP) is 1.50. The molecule has 1 heterocycles. The molecule has 7 heteroatoms. The number of anilines is 1. The summed E-state index contributed by atoms with van der Waals surface area (Å²) in [5.74, 6) is -0.476. The van der Waals surface area contributed by atoms with Crippen LogP contribution in [0.5, 0.6) is 0 Å². The van der Waals surface area contributed by atoms with E-state index in [-0.39, 0.29) is 30.3 Å². The molecule has 1 aromatic carbocycles. The van der Waals surface area contributed by atoms with Crippen LogP contribution >= 0.6 is 0 Å². The molecule has 0 bridgehead atoms. The quantitative estimate of drug-likeness (QED) is 0.883. The Hall–Kier alpha value is -2.15. The number of hydrogen-bond acceptors (Lipinski definition) is 3. The van der Waals surface area contributed by atoms with Gasteiger partial charge in [0, 0.05) is 37.9 Å². The normalized spacial score (nSPS) is 15.6. The van der Waals surface area contributed by atoms with E-state index in [4.69, 9.17) is 0 Å². The third kappa shape index (κ3) is 5.52. The average Bonchev–Trinajstić information content (AvgIpc) is 2.49. The average molecular weight is 322 g/mol. The molecular weight excluding hydrogens is 299 g/mol. The smallest absolute Gasteiger partial charge is 0.317 e. The number of halogens is 1. The second kappa shape index (κ2) is 7.92. The van der Waals surface area contributed by atoms with Crippen molar-refractivity contribution in [2.24, 2.45) is 0 Å². The number of nitrogens with zero attached hydrogens (tertiary/aromatic N) is 2. The lowest BCUT2D eigenvalue weighted by Crippen LogP contribution is -2.53. The summed E-state index contributed by atoms with van der Waals surface area (Å²) in [6.45, 7) is 6.62. The number of nitrogens with one attached hydrogen (secondary N) is 2. The molecule has 1 aliphatic heterocycles. The summed E-state index contributed by atoms with van der Waals surface area (Å²) in [4.78, 5) is 27.6. The second-order valence-electron chi connectivity index (χ2n) is 5.92. The summed E-state index contributed by atoms with van der Waals surface area (Å²) in [6, 6.07) is 5.73. The molecule has 1 fully saturated rings. The molecule has 1 saturated heterocycles. The van der Waals surface area contributed by atoms with Gasteiger partial charge >= 0.3 is 6.03 Å². The lowest BCUT2D eigenvalue weighted by Gasteiger charge is -2.34. The van der Waals surface area contributed by atoms with Gasteiger partial charge in [-0.3, -0.25) is 9.69 Å². The summed E-state index contributed by atoms with van der Waals surface area (Å²) >= 11 is 0. The molecule has 6 nitrogen and oxygen atoms in total. The zero-order valence-electron chi connectivity index (χ0n) is 13.5. The number of urea groups is 1. The van der Waals surface area contributed by atoms with Crippen molar-refractivity contribution in [2.75, 3.05) is 38.0 Å². The van der Waals surface area contributed by atoms with Crippen LogP contribution in [-0.2, 0) is 4.79 Å². The largest absolute Gasteiger partial charge is 0.336 e. The third-order valence-electron chi connectivity index (χ3n) is 3.57. The van der Waals surface area contributed by atoms with Crippen LogP contribution in [-0.4, -0.2) is 60.5 Å². The molecule has 0 radical (unpaired) electrons. The van der Waals surface area contributed by atoms with Crippen LogP contribution in [0.15, 0.2) is 24.3 Å². The molecule has 3 amide bonds. The molecule has 126 valence electrons. The van der Waals surface area contributed by atoms with Gasteiger partial charge < -0.3 is 15.5 Å². The van der Waals surface area contributed by atoms with E-state index in [9.17, 15) is 14.0 Å². The maximum absolute atomic E-state index is 12.8. The maximum atomic E-state index is 12.8. The summed E-state index contributed by atoms with van der Waals surface area (Å²) in [7, 11) is 0. The fraction of sp³-hybridized carbons (Fsp3) is 0.500. The molecular formula is C16H23FN4O2. The summed E-state index contributed by atoms with van der Waals surface area (Å²) in [5, 5.41) is 5.60. The minimum absolute atomic E-state index is 0.0598. The molecule has 0 spiro atoms. The van der Waals surface area contributed by atoms with Crippen LogP contribution in [0.2, 0.25) is 0 Å². The Morgan fingerprint density at radius 2 is 1.74 bits per heavy atom. The Morgan fingerprint density at radius 1 is 1.13 bits per heavy atom. The number of piperazine rings is 1. The topological polar surface area (TPSA) is 64.7 Å². The molecule has 2 N–H and O–H groups in total. The molecule has 2 rings (SSSR count). The number of carbonyl (C=O) groups excluding carboxylic acids is 2. The monoisotopic (exact) mass is 322 g/mol. The number of rotatable bonds is 4. The summed E-state index contributed by atoms with van der Waals surface area (Å²) in [6.07, 6.45) is 0. The van der Waals surface area contributed by atoms with E-state index in [1.54, 1.807) is 4.90 Å². The Balaban J connectivity index is 1.74. The van der Waals surface area contributed by atoms with Crippen LogP contribution in [0.3, 0.4) is 0 Å². The zero-order chi connectivity index (χ0) is 16.8. The van der Waals surface area contributed by atoms with Crippen LogP contribution in [0.4, 0.5) is 14.9 Å². The predicted molar refractivity (Wildman–Crippen MR) is 86.7 cm³/mol. The van der Waals surface area contributed by atoms with Crippen molar-refractivity contribution < 1.29 is 14.0 Å². The fourth-order valence-corrected chi connectivity index (χ4v) is 2.38. The lowest BCUT2D eigenvalue weighted by molar-refractivity contribution is -0.117. The first kappa shape index (κ1) is 17.2. The first-order valence-electron chi connectivity index (χ1n) is 7.77. The Labute approximate surface area is 135 Å². The highest BCUT2D eigenvalue weighted by Crippen LogP contribution is 2.09. The van der Waals surface area contributed by atoms with Crippen LogP contribution in [0, 0.1) is 5.82 Å². The van der Waals surface area contributed by atoms with E-state index in [1.165, 1.54) is 24.3 Å². The van der Waals surface area contributed by atoms with Crippen molar-refractivity contribution in [2.45, 2.75) is 19.9 Å². The number of hydrogen-bond donors (Lipinski definition) is 2. The van der Waals surface area contributed by atoms with Gasteiger partial charge in [0.2, 0.25) is 5.91 Å². The zero-order valence-corrected chi connectivity index (χ0v) is 13.5. The van der Waals surface area contributed by atoms with Crippen molar-refractivity contribution in [3.63, 3.8) is 0 Å². The van der Waals surface area contributed by atoms with Crippen molar-refractivity contribution in [3.8, 4) is 0 Å². The van der Waals surface area contributed by atoms with Crippen LogP contribution < -0.4 is 10.6 Å². The van der Waals surface area contributed by atoms with Crippen molar-refractivity contribution in [1.82, 2.24) is 15.1 Å². The minimum atomic E-state index is -0.334. The van der Waals surface area contributed by atoms with E-state index in [0.29, 0.717) is 31.9 Å². The molecule has 0 saturated carbocycles. The summed E-state index contributed by atoms with van der Waals surface area (Å²) in [5.41, 5.74) is 0.575. The van der Waals surface area contributed by atoms with Gasteiger partial charge in [0.25, 0.3) is 0 Å². The van der Waals surface area contributed by atoms with E-state index < -0.39 is 0 Å². The molecule has 0 atom stereocenters. The van der Waals surface area contributed by atoms with Gasteiger partial charge in [-0.15, -0.1) is 0 Å². The molecule has 1 aromatic rings.